The molecule has 6 nitrogen and oxygen atoms in total. The van der Waals surface area contributed by atoms with Crippen LogP contribution in [0.15, 0.2) is 72.1 Å². The molecule has 1 atom stereocenters. The van der Waals surface area contributed by atoms with Crippen molar-refractivity contribution in [2.75, 3.05) is 0 Å². The summed E-state index contributed by atoms with van der Waals surface area (Å²) in [5.41, 5.74) is 3.26. The van der Waals surface area contributed by atoms with Crippen LogP contribution < -0.4 is 0 Å². The van der Waals surface area contributed by atoms with Crippen molar-refractivity contribution in [3.8, 4) is 11.4 Å². The lowest BCUT2D eigenvalue weighted by Gasteiger charge is -2.13. The summed E-state index contributed by atoms with van der Waals surface area (Å²) in [6.45, 7) is 4.18. The molecule has 0 aliphatic heterocycles. The predicted molar refractivity (Wildman–Crippen MR) is 102 cm³/mol. The maximum Gasteiger partial charge on any atom is 0.173 e. The summed E-state index contributed by atoms with van der Waals surface area (Å²) >= 11 is 1.63. The average Bonchev–Trinajstić information content (AvgIpc) is 3.32. The van der Waals surface area contributed by atoms with Gasteiger partial charge in [0.1, 0.15) is 0 Å². The lowest BCUT2D eigenvalue weighted by Crippen LogP contribution is -2.06. The topological polar surface area (TPSA) is 61.4 Å². The smallest absolute Gasteiger partial charge is 0.173 e. The lowest BCUT2D eigenvalue weighted by atomic mass is 10.2. The van der Waals surface area contributed by atoms with Gasteiger partial charge in [-0.1, -0.05) is 42.1 Å². The van der Waals surface area contributed by atoms with Crippen molar-refractivity contribution in [3.05, 3.63) is 78.4 Å². The van der Waals surface area contributed by atoms with E-state index < -0.39 is 0 Å². The Hall–Kier alpha value is -2.93. The monoisotopic (exact) mass is 362 g/mol. The molecule has 0 bridgehead atoms. The molecular weight excluding hydrogens is 344 g/mol. The van der Waals surface area contributed by atoms with E-state index in [0.717, 1.165) is 22.4 Å². The second-order valence-corrected chi connectivity index (χ2v) is 7.27. The van der Waals surface area contributed by atoms with Gasteiger partial charge in [0.2, 0.25) is 0 Å². The Balaban J connectivity index is 1.62. The molecule has 0 spiro atoms. The maximum absolute atomic E-state index is 4.52. The number of imidazole rings is 1. The molecule has 0 N–H and O–H groups in total. The van der Waals surface area contributed by atoms with Gasteiger partial charge in [-0.3, -0.25) is 4.57 Å². The predicted octanol–water partition coefficient (Wildman–Crippen LogP) is 4.01. The number of hydrogen-bond acceptors (Lipinski definition) is 5. The molecule has 0 unspecified atom stereocenters. The third kappa shape index (κ3) is 3.25. The summed E-state index contributed by atoms with van der Waals surface area (Å²) in [7, 11) is 0. The van der Waals surface area contributed by atoms with Gasteiger partial charge in [-0.15, -0.1) is 5.10 Å². The van der Waals surface area contributed by atoms with Gasteiger partial charge in [0.05, 0.1) is 10.9 Å². The molecular formula is C19H18N6S. The van der Waals surface area contributed by atoms with Crippen LogP contribution in [0.5, 0.6) is 0 Å². The van der Waals surface area contributed by atoms with Gasteiger partial charge in [-0.2, -0.15) is 4.68 Å². The van der Waals surface area contributed by atoms with Gasteiger partial charge in [-0.25, -0.2) is 4.98 Å². The molecule has 0 radical (unpaired) electrons. The zero-order valence-corrected chi connectivity index (χ0v) is 15.3. The van der Waals surface area contributed by atoms with Crippen molar-refractivity contribution in [1.82, 2.24) is 29.8 Å². The first-order valence-corrected chi connectivity index (χ1v) is 9.21. The molecule has 0 fully saturated rings. The summed E-state index contributed by atoms with van der Waals surface area (Å²) in [6.07, 6.45) is 3.79. The van der Waals surface area contributed by atoms with Crippen LogP contribution in [0.1, 0.15) is 23.6 Å². The van der Waals surface area contributed by atoms with E-state index in [1.165, 1.54) is 5.56 Å². The van der Waals surface area contributed by atoms with Crippen molar-refractivity contribution in [2.24, 2.45) is 0 Å². The first-order valence-electron chi connectivity index (χ1n) is 8.33. The van der Waals surface area contributed by atoms with Crippen molar-refractivity contribution in [2.45, 2.75) is 24.3 Å². The summed E-state index contributed by atoms with van der Waals surface area (Å²) in [4.78, 5) is 4.52. The zero-order chi connectivity index (χ0) is 17.9. The average molecular weight is 362 g/mol. The van der Waals surface area contributed by atoms with Crippen molar-refractivity contribution < 1.29 is 0 Å². The number of rotatable bonds is 5. The molecule has 0 saturated carbocycles. The Morgan fingerprint density at radius 1 is 1.00 bits per heavy atom. The number of thioether (sulfide) groups is 1. The standard InChI is InChI=1S/C19H18N6S/c1-14-7-6-10-17(13-14)24-12-11-20-19(24)26-15(2)18-21-22-23-25(18)16-8-4-3-5-9-16/h3-13,15H,1-2H3/t15-/m1/s1. The fourth-order valence-corrected chi connectivity index (χ4v) is 3.73. The van der Waals surface area contributed by atoms with E-state index in [4.69, 9.17) is 0 Å². The molecule has 2 heterocycles. The molecule has 0 aliphatic carbocycles. The van der Waals surface area contributed by atoms with Gasteiger partial charge in [0.15, 0.2) is 11.0 Å². The molecule has 0 saturated heterocycles. The highest BCUT2D eigenvalue weighted by Crippen LogP contribution is 2.34. The summed E-state index contributed by atoms with van der Waals surface area (Å²) in [5.74, 6) is 0.792. The van der Waals surface area contributed by atoms with E-state index in [1.807, 2.05) is 42.7 Å². The van der Waals surface area contributed by atoms with Crippen LogP contribution in [0.2, 0.25) is 0 Å². The van der Waals surface area contributed by atoms with E-state index in [-0.39, 0.29) is 5.25 Å². The Morgan fingerprint density at radius 2 is 1.81 bits per heavy atom. The summed E-state index contributed by atoms with van der Waals surface area (Å²) in [5, 5.41) is 13.2. The highest BCUT2D eigenvalue weighted by atomic mass is 32.2. The molecule has 2 aromatic carbocycles. The van der Waals surface area contributed by atoms with E-state index in [2.05, 4.69) is 63.2 Å². The largest absolute Gasteiger partial charge is 0.295 e. The third-order valence-corrected chi connectivity index (χ3v) is 5.10. The number of aryl methyl sites for hydroxylation is 1. The van der Waals surface area contributed by atoms with Crippen LogP contribution >= 0.6 is 11.8 Å². The minimum atomic E-state index is 0.0381. The lowest BCUT2D eigenvalue weighted by molar-refractivity contribution is 0.761. The SMILES string of the molecule is Cc1cccc(-n2ccnc2S[C@H](C)c2nnnn2-c2ccccc2)c1. The zero-order valence-electron chi connectivity index (χ0n) is 14.5. The summed E-state index contributed by atoms with van der Waals surface area (Å²) in [6, 6.07) is 18.3. The highest BCUT2D eigenvalue weighted by molar-refractivity contribution is 7.99. The number of nitrogens with zero attached hydrogens (tertiary/aromatic N) is 6. The van der Waals surface area contributed by atoms with Crippen molar-refractivity contribution in [3.63, 3.8) is 0 Å². The molecule has 26 heavy (non-hydrogen) atoms. The van der Waals surface area contributed by atoms with Gasteiger partial charge in [0.25, 0.3) is 0 Å². The fraction of sp³-hybridized carbons (Fsp3) is 0.158. The first kappa shape index (κ1) is 16.5. The quantitative estimate of drug-likeness (QED) is 0.502. The van der Waals surface area contributed by atoms with E-state index in [1.54, 1.807) is 16.4 Å². The van der Waals surface area contributed by atoms with Crippen molar-refractivity contribution in [1.29, 1.82) is 0 Å². The first-order chi connectivity index (χ1) is 12.7. The van der Waals surface area contributed by atoms with Crippen LogP contribution in [-0.2, 0) is 0 Å². The van der Waals surface area contributed by atoms with Crippen molar-refractivity contribution >= 4 is 11.8 Å². The van der Waals surface area contributed by atoms with Gasteiger partial charge in [0, 0.05) is 18.1 Å². The Bertz CT molecular complexity index is 1010. The maximum atomic E-state index is 4.52. The van der Waals surface area contributed by atoms with E-state index >= 15 is 0 Å². The molecule has 0 aliphatic rings. The van der Waals surface area contributed by atoms with E-state index in [0.29, 0.717) is 0 Å². The summed E-state index contributed by atoms with van der Waals surface area (Å²) < 4.78 is 3.86. The Morgan fingerprint density at radius 3 is 2.62 bits per heavy atom. The molecule has 2 aromatic heterocycles. The molecule has 4 aromatic rings. The number of para-hydroxylation sites is 1. The highest BCUT2D eigenvalue weighted by Gasteiger charge is 2.19. The molecule has 0 amide bonds. The number of tetrazole rings is 1. The van der Waals surface area contributed by atoms with Crippen LogP contribution in [0.25, 0.3) is 11.4 Å². The van der Waals surface area contributed by atoms with Crippen LogP contribution in [0.4, 0.5) is 0 Å². The normalized spacial score (nSPS) is 12.2. The third-order valence-electron chi connectivity index (χ3n) is 4.03. The van der Waals surface area contributed by atoms with Gasteiger partial charge >= 0.3 is 0 Å². The molecule has 4 rings (SSSR count). The number of aromatic nitrogens is 6. The Kier molecular flexibility index (Phi) is 4.53. The second kappa shape index (κ2) is 7.13. The minimum absolute atomic E-state index is 0.0381. The fourth-order valence-electron chi connectivity index (χ4n) is 2.76. The van der Waals surface area contributed by atoms with Gasteiger partial charge < -0.3 is 0 Å². The molecule has 130 valence electrons. The second-order valence-electron chi connectivity index (χ2n) is 5.96. The van der Waals surface area contributed by atoms with E-state index in [9.17, 15) is 0 Å². The Labute approximate surface area is 155 Å². The van der Waals surface area contributed by atoms with Crippen LogP contribution in [0.3, 0.4) is 0 Å². The van der Waals surface area contributed by atoms with Gasteiger partial charge in [-0.05, 0) is 54.1 Å². The number of hydrogen-bond donors (Lipinski definition) is 0. The number of benzene rings is 2. The van der Waals surface area contributed by atoms with Crippen LogP contribution in [0, 0.1) is 6.92 Å². The minimum Gasteiger partial charge on any atom is -0.295 e. The molecule has 7 heteroatoms. The van der Waals surface area contributed by atoms with Crippen LogP contribution in [-0.4, -0.2) is 29.8 Å².